The summed E-state index contributed by atoms with van der Waals surface area (Å²) >= 11 is 0. The summed E-state index contributed by atoms with van der Waals surface area (Å²) in [7, 11) is 1.65. The number of hydrogen-bond donors (Lipinski definition) is 3. The van der Waals surface area contributed by atoms with Crippen LogP contribution in [0, 0.1) is 0 Å². The van der Waals surface area contributed by atoms with Crippen LogP contribution in [0.25, 0.3) is 6.08 Å². The summed E-state index contributed by atoms with van der Waals surface area (Å²) in [5.41, 5.74) is 3.77. The van der Waals surface area contributed by atoms with Crippen LogP contribution in [0.1, 0.15) is 19.4 Å². The van der Waals surface area contributed by atoms with Gasteiger partial charge in [-0.25, -0.2) is 5.43 Å². The van der Waals surface area contributed by atoms with Gasteiger partial charge in [0.25, 0.3) is 0 Å². The molecule has 0 bridgehead atoms. The van der Waals surface area contributed by atoms with E-state index >= 15 is 0 Å². The molecule has 1 aromatic carbocycles. The topological polar surface area (TPSA) is 96.4 Å². The summed E-state index contributed by atoms with van der Waals surface area (Å²) in [6.07, 6.45) is 5.34. The molecular formula is C17H23N7O. The maximum atomic E-state index is 5.29. The van der Waals surface area contributed by atoms with Crippen molar-refractivity contribution in [1.82, 2.24) is 15.0 Å². The van der Waals surface area contributed by atoms with E-state index in [1.165, 1.54) is 0 Å². The zero-order valence-electron chi connectivity index (χ0n) is 14.7. The van der Waals surface area contributed by atoms with E-state index in [0.717, 1.165) is 24.4 Å². The second kappa shape index (κ2) is 9.86. The van der Waals surface area contributed by atoms with Gasteiger partial charge >= 0.3 is 0 Å². The third kappa shape index (κ3) is 5.76. The molecule has 1 heterocycles. The van der Waals surface area contributed by atoms with Crippen molar-refractivity contribution in [3.8, 4) is 5.75 Å². The number of nitrogens with one attached hydrogen (secondary N) is 3. The van der Waals surface area contributed by atoms with Gasteiger partial charge in [-0.15, -0.1) is 0 Å². The van der Waals surface area contributed by atoms with Gasteiger partial charge in [0.2, 0.25) is 17.8 Å². The van der Waals surface area contributed by atoms with Gasteiger partial charge in [0, 0.05) is 24.9 Å². The zero-order chi connectivity index (χ0) is 17.9. The number of aromatic nitrogens is 3. The second-order valence-corrected chi connectivity index (χ2v) is 4.86. The molecule has 0 spiro atoms. The number of ether oxygens (including phenoxy) is 1. The highest BCUT2D eigenvalue weighted by Crippen LogP contribution is 2.18. The molecule has 8 heteroatoms. The Labute approximate surface area is 147 Å². The van der Waals surface area contributed by atoms with E-state index < -0.39 is 0 Å². The van der Waals surface area contributed by atoms with Gasteiger partial charge in [0.15, 0.2) is 0 Å². The fourth-order valence-electron chi connectivity index (χ4n) is 1.99. The summed E-state index contributed by atoms with van der Waals surface area (Å²) in [5, 5.41) is 10.2. The van der Waals surface area contributed by atoms with Crippen molar-refractivity contribution < 1.29 is 4.74 Å². The third-order valence-corrected chi connectivity index (χ3v) is 3.05. The van der Waals surface area contributed by atoms with Gasteiger partial charge in [-0.1, -0.05) is 18.2 Å². The van der Waals surface area contributed by atoms with Crippen molar-refractivity contribution in [1.29, 1.82) is 0 Å². The first-order valence-electron chi connectivity index (χ1n) is 8.09. The lowest BCUT2D eigenvalue weighted by molar-refractivity contribution is 0.414. The Bertz CT molecular complexity index is 706. The summed E-state index contributed by atoms with van der Waals surface area (Å²) in [4.78, 5) is 12.7. The van der Waals surface area contributed by atoms with Crippen molar-refractivity contribution >= 4 is 30.1 Å². The molecule has 0 aliphatic carbocycles. The SMILES string of the molecule is CCNc1nc(NCC)nc(N/N=C/C=C/c2ccccc2OC)n1. The van der Waals surface area contributed by atoms with E-state index in [1.54, 1.807) is 13.3 Å². The standard InChI is InChI=1S/C17H23N7O/c1-4-18-15-21-16(19-5-2)23-17(22-15)24-20-12-8-10-13-9-6-7-11-14(13)25-3/h6-12H,4-5H2,1-3H3,(H3,18,19,21,22,23,24)/b10-8+,20-12+. The van der Waals surface area contributed by atoms with Crippen LogP contribution in [0.15, 0.2) is 35.4 Å². The number of nitrogens with zero attached hydrogens (tertiary/aromatic N) is 4. The Morgan fingerprint density at radius 3 is 2.28 bits per heavy atom. The minimum absolute atomic E-state index is 0.365. The Kier molecular flexibility index (Phi) is 7.17. The normalized spacial score (nSPS) is 11.0. The average Bonchev–Trinajstić information content (AvgIpc) is 2.62. The van der Waals surface area contributed by atoms with E-state index in [1.807, 2.05) is 50.3 Å². The Hall–Kier alpha value is -3.16. The van der Waals surface area contributed by atoms with Crippen LogP contribution in [0.2, 0.25) is 0 Å². The minimum Gasteiger partial charge on any atom is -0.496 e. The van der Waals surface area contributed by atoms with Gasteiger partial charge in [-0.2, -0.15) is 20.1 Å². The van der Waals surface area contributed by atoms with Crippen molar-refractivity contribution in [2.45, 2.75) is 13.8 Å². The van der Waals surface area contributed by atoms with Gasteiger partial charge in [0.1, 0.15) is 5.75 Å². The lowest BCUT2D eigenvalue weighted by Crippen LogP contribution is -2.10. The van der Waals surface area contributed by atoms with Gasteiger partial charge in [-0.3, -0.25) is 0 Å². The Morgan fingerprint density at radius 2 is 1.64 bits per heavy atom. The molecule has 0 aliphatic rings. The number of benzene rings is 1. The molecule has 0 unspecified atom stereocenters. The fraction of sp³-hybridized carbons (Fsp3) is 0.294. The lowest BCUT2D eigenvalue weighted by Gasteiger charge is -2.07. The number of hydrazone groups is 1. The highest BCUT2D eigenvalue weighted by atomic mass is 16.5. The molecule has 0 amide bonds. The number of methoxy groups -OCH3 is 1. The van der Waals surface area contributed by atoms with Crippen LogP contribution in [0.4, 0.5) is 17.8 Å². The summed E-state index contributed by atoms with van der Waals surface area (Å²) < 4.78 is 5.29. The largest absolute Gasteiger partial charge is 0.496 e. The van der Waals surface area contributed by atoms with E-state index in [2.05, 4.69) is 36.1 Å². The summed E-state index contributed by atoms with van der Waals surface area (Å²) in [6, 6.07) is 7.75. The molecule has 0 saturated heterocycles. The molecule has 0 aliphatic heterocycles. The van der Waals surface area contributed by atoms with Crippen LogP contribution >= 0.6 is 0 Å². The lowest BCUT2D eigenvalue weighted by atomic mass is 10.2. The predicted molar refractivity (Wildman–Crippen MR) is 102 cm³/mol. The van der Waals surface area contributed by atoms with Crippen molar-refractivity contribution in [2.75, 3.05) is 36.3 Å². The van der Waals surface area contributed by atoms with E-state index in [4.69, 9.17) is 4.74 Å². The van der Waals surface area contributed by atoms with Gasteiger partial charge in [0.05, 0.1) is 7.11 Å². The van der Waals surface area contributed by atoms with Crippen molar-refractivity contribution in [2.24, 2.45) is 5.10 Å². The van der Waals surface area contributed by atoms with Gasteiger partial charge in [-0.05, 0) is 32.1 Å². The molecule has 2 aromatic rings. The highest BCUT2D eigenvalue weighted by Gasteiger charge is 2.04. The smallest absolute Gasteiger partial charge is 0.250 e. The van der Waals surface area contributed by atoms with Crippen LogP contribution in [0.5, 0.6) is 5.75 Å². The average molecular weight is 341 g/mol. The molecule has 0 atom stereocenters. The molecule has 0 saturated carbocycles. The number of allylic oxidation sites excluding steroid dienone is 1. The van der Waals surface area contributed by atoms with Crippen LogP contribution in [0.3, 0.4) is 0 Å². The number of hydrogen-bond acceptors (Lipinski definition) is 8. The van der Waals surface area contributed by atoms with E-state index in [0.29, 0.717) is 17.8 Å². The van der Waals surface area contributed by atoms with Crippen molar-refractivity contribution in [3.05, 3.63) is 35.9 Å². The van der Waals surface area contributed by atoms with Crippen LogP contribution in [-0.2, 0) is 0 Å². The molecule has 132 valence electrons. The molecule has 8 nitrogen and oxygen atoms in total. The zero-order valence-corrected chi connectivity index (χ0v) is 14.7. The molecule has 0 fully saturated rings. The monoisotopic (exact) mass is 341 g/mol. The number of para-hydroxylation sites is 1. The molecule has 25 heavy (non-hydrogen) atoms. The van der Waals surface area contributed by atoms with E-state index in [-0.39, 0.29) is 0 Å². The quantitative estimate of drug-likeness (QED) is 0.477. The predicted octanol–water partition coefficient (Wildman–Crippen LogP) is 2.85. The van der Waals surface area contributed by atoms with Crippen molar-refractivity contribution in [3.63, 3.8) is 0 Å². The maximum Gasteiger partial charge on any atom is 0.250 e. The summed E-state index contributed by atoms with van der Waals surface area (Å²) in [6.45, 7) is 5.40. The third-order valence-electron chi connectivity index (χ3n) is 3.05. The Balaban J connectivity index is 2.02. The highest BCUT2D eigenvalue weighted by molar-refractivity contribution is 5.79. The molecular weight excluding hydrogens is 318 g/mol. The first-order chi connectivity index (χ1) is 12.3. The van der Waals surface area contributed by atoms with E-state index in [9.17, 15) is 0 Å². The summed E-state index contributed by atoms with van der Waals surface area (Å²) in [5.74, 6) is 2.17. The van der Waals surface area contributed by atoms with Gasteiger partial charge < -0.3 is 15.4 Å². The second-order valence-electron chi connectivity index (χ2n) is 4.86. The molecule has 3 N–H and O–H groups in total. The maximum absolute atomic E-state index is 5.29. The molecule has 2 rings (SSSR count). The first-order valence-corrected chi connectivity index (χ1v) is 8.09. The fourth-order valence-corrected chi connectivity index (χ4v) is 1.99. The number of rotatable bonds is 9. The minimum atomic E-state index is 0.365. The molecule has 0 radical (unpaired) electrons. The Morgan fingerprint density at radius 1 is 1.00 bits per heavy atom. The first kappa shape index (κ1) is 18.2. The van der Waals surface area contributed by atoms with Crippen LogP contribution < -0.4 is 20.8 Å². The molecule has 1 aromatic heterocycles. The van der Waals surface area contributed by atoms with Crippen LogP contribution in [-0.4, -0.2) is 41.4 Å². The number of anilines is 3.